The SMILES string of the molecule is O=C1/C(=C\c2ccncc2)C(c2ccccc2)Oc2ccccc21. The maximum atomic E-state index is 13.0. The van der Waals surface area contributed by atoms with Crippen LogP contribution in [-0.4, -0.2) is 10.8 Å². The van der Waals surface area contributed by atoms with Gasteiger partial charge in [-0.3, -0.25) is 9.78 Å². The number of ketones is 1. The number of pyridine rings is 1. The predicted molar refractivity (Wildman–Crippen MR) is 92.8 cm³/mol. The van der Waals surface area contributed by atoms with Crippen LogP contribution in [0.2, 0.25) is 0 Å². The molecule has 0 saturated heterocycles. The Bertz CT molecular complexity index is 901. The fourth-order valence-electron chi connectivity index (χ4n) is 2.88. The third kappa shape index (κ3) is 2.61. The molecule has 3 heteroatoms. The van der Waals surface area contributed by atoms with Crippen LogP contribution >= 0.6 is 0 Å². The van der Waals surface area contributed by atoms with E-state index in [2.05, 4.69) is 4.98 Å². The second-order valence-corrected chi connectivity index (χ2v) is 5.61. The highest BCUT2D eigenvalue weighted by atomic mass is 16.5. The average molecular weight is 313 g/mol. The molecule has 24 heavy (non-hydrogen) atoms. The number of Topliss-reactive ketones (excluding diaryl/α,β-unsaturated/α-hetero) is 1. The smallest absolute Gasteiger partial charge is 0.196 e. The van der Waals surface area contributed by atoms with E-state index in [0.29, 0.717) is 16.9 Å². The number of hydrogen-bond donors (Lipinski definition) is 0. The van der Waals surface area contributed by atoms with Gasteiger partial charge in [0.05, 0.1) is 5.56 Å². The molecule has 0 fully saturated rings. The third-order valence-electron chi connectivity index (χ3n) is 4.05. The van der Waals surface area contributed by atoms with Crippen LogP contribution in [0.4, 0.5) is 0 Å². The van der Waals surface area contributed by atoms with Gasteiger partial charge in [0.15, 0.2) is 11.9 Å². The van der Waals surface area contributed by atoms with Crippen LogP contribution < -0.4 is 4.74 Å². The highest BCUT2D eigenvalue weighted by Crippen LogP contribution is 2.38. The van der Waals surface area contributed by atoms with Crippen molar-refractivity contribution in [3.63, 3.8) is 0 Å². The van der Waals surface area contributed by atoms with Crippen molar-refractivity contribution in [1.82, 2.24) is 4.98 Å². The minimum Gasteiger partial charge on any atom is -0.480 e. The summed E-state index contributed by atoms with van der Waals surface area (Å²) in [6.07, 6.45) is 4.90. The van der Waals surface area contributed by atoms with Gasteiger partial charge in [-0.05, 0) is 41.5 Å². The van der Waals surface area contributed by atoms with Gasteiger partial charge in [-0.1, -0.05) is 42.5 Å². The summed E-state index contributed by atoms with van der Waals surface area (Å²) in [5.74, 6) is 0.630. The molecule has 0 aliphatic carbocycles. The van der Waals surface area contributed by atoms with Crippen molar-refractivity contribution in [3.05, 3.63) is 101 Å². The minimum atomic E-state index is -0.415. The van der Waals surface area contributed by atoms with Crippen LogP contribution in [0.5, 0.6) is 5.75 Å². The molecule has 0 saturated carbocycles. The van der Waals surface area contributed by atoms with Crippen LogP contribution in [0.25, 0.3) is 6.08 Å². The molecular weight excluding hydrogens is 298 g/mol. The number of aromatic nitrogens is 1. The van der Waals surface area contributed by atoms with E-state index < -0.39 is 6.10 Å². The number of para-hydroxylation sites is 1. The number of ether oxygens (including phenoxy) is 1. The second kappa shape index (κ2) is 6.13. The molecule has 1 aliphatic heterocycles. The fourth-order valence-corrected chi connectivity index (χ4v) is 2.88. The third-order valence-corrected chi connectivity index (χ3v) is 4.05. The summed E-state index contributed by atoms with van der Waals surface area (Å²) < 4.78 is 6.17. The van der Waals surface area contributed by atoms with Crippen molar-refractivity contribution < 1.29 is 9.53 Å². The average Bonchev–Trinajstić information content (AvgIpc) is 2.65. The monoisotopic (exact) mass is 313 g/mol. The van der Waals surface area contributed by atoms with E-state index in [4.69, 9.17) is 4.74 Å². The van der Waals surface area contributed by atoms with E-state index in [9.17, 15) is 4.79 Å². The molecular formula is C21H15NO2. The van der Waals surface area contributed by atoms with Crippen molar-refractivity contribution in [2.45, 2.75) is 6.10 Å². The molecule has 3 nitrogen and oxygen atoms in total. The molecule has 0 amide bonds. The first-order valence-electron chi connectivity index (χ1n) is 7.80. The Morgan fingerprint density at radius 3 is 2.38 bits per heavy atom. The fraction of sp³-hybridized carbons (Fsp3) is 0.0476. The van der Waals surface area contributed by atoms with Gasteiger partial charge in [-0.2, -0.15) is 0 Å². The molecule has 0 bridgehead atoms. The first-order valence-corrected chi connectivity index (χ1v) is 7.80. The number of benzene rings is 2. The van der Waals surface area contributed by atoms with Crippen LogP contribution in [0.15, 0.2) is 84.7 Å². The Kier molecular flexibility index (Phi) is 3.67. The zero-order chi connectivity index (χ0) is 16.4. The molecule has 1 unspecified atom stereocenters. The van der Waals surface area contributed by atoms with Crippen LogP contribution in [-0.2, 0) is 0 Å². The number of carbonyl (C=O) groups excluding carboxylic acids is 1. The second-order valence-electron chi connectivity index (χ2n) is 5.61. The number of nitrogens with zero attached hydrogens (tertiary/aromatic N) is 1. The Morgan fingerprint density at radius 2 is 1.58 bits per heavy atom. The first-order chi connectivity index (χ1) is 11.8. The Labute approximate surface area is 140 Å². The van der Waals surface area contributed by atoms with E-state index >= 15 is 0 Å². The molecule has 4 rings (SSSR count). The van der Waals surface area contributed by atoms with Gasteiger partial charge >= 0.3 is 0 Å². The molecule has 1 aliphatic rings. The molecule has 1 aromatic heterocycles. The van der Waals surface area contributed by atoms with E-state index in [1.165, 1.54) is 0 Å². The van der Waals surface area contributed by atoms with Crippen LogP contribution in [0, 0.1) is 0 Å². The van der Waals surface area contributed by atoms with Crippen molar-refractivity contribution in [2.24, 2.45) is 0 Å². The first kappa shape index (κ1) is 14.4. The van der Waals surface area contributed by atoms with Gasteiger partial charge in [0, 0.05) is 18.0 Å². The summed E-state index contributed by atoms with van der Waals surface area (Å²) in [5, 5.41) is 0. The maximum absolute atomic E-state index is 13.0. The zero-order valence-electron chi connectivity index (χ0n) is 12.9. The van der Waals surface area contributed by atoms with Crippen LogP contribution in [0.3, 0.4) is 0 Å². The number of rotatable bonds is 2. The lowest BCUT2D eigenvalue weighted by Crippen LogP contribution is -2.23. The van der Waals surface area contributed by atoms with Crippen LogP contribution in [0.1, 0.15) is 27.6 Å². The molecule has 1 atom stereocenters. The molecule has 2 heterocycles. The van der Waals surface area contributed by atoms with E-state index in [1.807, 2.05) is 66.7 Å². The predicted octanol–water partition coefficient (Wildman–Crippen LogP) is 4.48. The molecule has 116 valence electrons. The standard InChI is InChI=1S/C21H15NO2/c23-20-17-8-4-5-9-19(17)24-21(16-6-2-1-3-7-16)18(20)14-15-10-12-22-13-11-15/h1-14,21H/b18-14+. The van der Waals surface area contributed by atoms with E-state index in [1.54, 1.807) is 18.5 Å². The molecule has 3 aromatic rings. The number of hydrogen-bond acceptors (Lipinski definition) is 3. The summed E-state index contributed by atoms with van der Waals surface area (Å²) in [6, 6.07) is 20.9. The van der Waals surface area contributed by atoms with Crippen molar-refractivity contribution in [1.29, 1.82) is 0 Å². The molecule has 0 radical (unpaired) electrons. The minimum absolute atomic E-state index is 0.00233. The van der Waals surface area contributed by atoms with Gasteiger partial charge in [-0.15, -0.1) is 0 Å². The normalized spacial score (nSPS) is 18.1. The molecule has 0 N–H and O–H groups in total. The zero-order valence-corrected chi connectivity index (χ0v) is 12.9. The largest absolute Gasteiger partial charge is 0.480 e. The number of carbonyl (C=O) groups is 1. The van der Waals surface area contributed by atoms with Gasteiger partial charge in [-0.25, -0.2) is 0 Å². The maximum Gasteiger partial charge on any atom is 0.196 e. The number of fused-ring (bicyclic) bond motifs is 1. The lowest BCUT2D eigenvalue weighted by Gasteiger charge is -2.28. The van der Waals surface area contributed by atoms with Crippen molar-refractivity contribution in [3.8, 4) is 5.75 Å². The summed E-state index contributed by atoms with van der Waals surface area (Å²) in [6.45, 7) is 0. The van der Waals surface area contributed by atoms with Gasteiger partial charge < -0.3 is 4.74 Å². The van der Waals surface area contributed by atoms with Crippen molar-refractivity contribution >= 4 is 11.9 Å². The quantitative estimate of drug-likeness (QED) is 0.655. The summed E-state index contributed by atoms with van der Waals surface area (Å²) in [4.78, 5) is 17.1. The summed E-state index contributed by atoms with van der Waals surface area (Å²) in [5.41, 5.74) is 3.12. The van der Waals surface area contributed by atoms with E-state index in [0.717, 1.165) is 11.1 Å². The molecule has 0 spiro atoms. The summed E-state index contributed by atoms with van der Waals surface area (Å²) >= 11 is 0. The highest BCUT2D eigenvalue weighted by Gasteiger charge is 2.32. The lowest BCUT2D eigenvalue weighted by molar-refractivity contribution is 0.0963. The summed E-state index contributed by atoms with van der Waals surface area (Å²) in [7, 11) is 0. The van der Waals surface area contributed by atoms with Gasteiger partial charge in [0.1, 0.15) is 5.75 Å². The van der Waals surface area contributed by atoms with E-state index in [-0.39, 0.29) is 5.78 Å². The van der Waals surface area contributed by atoms with Crippen molar-refractivity contribution in [2.75, 3.05) is 0 Å². The Hall–Kier alpha value is -3.20. The molecule has 2 aromatic carbocycles. The topological polar surface area (TPSA) is 39.2 Å². The van der Waals surface area contributed by atoms with Gasteiger partial charge in [0.2, 0.25) is 0 Å². The highest BCUT2D eigenvalue weighted by molar-refractivity contribution is 6.14. The Morgan fingerprint density at radius 1 is 0.875 bits per heavy atom. The Balaban J connectivity index is 1.87. The lowest BCUT2D eigenvalue weighted by atomic mass is 9.90. The van der Waals surface area contributed by atoms with Gasteiger partial charge in [0.25, 0.3) is 0 Å².